The molecule has 7 nitrogen and oxygen atoms in total. The van der Waals surface area contributed by atoms with E-state index in [0.717, 1.165) is 4.90 Å². The van der Waals surface area contributed by atoms with E-state index in [9.17, 15) is 14.0 Å². The summed E-state index contributed by atoms with van der Waals surface area (Å²) < 4.78 is 24.6. The summed E-state index contributed by atoms with van der Waals surface area (Å²) in [5.74, 6) is -0.810. The first-order valence-corrected chi connectivity index (χ1v) is 9.03. The molecule has 2 aliphatic rings. The van der Waals surface area contributed by atoms with Crippen molar-refractivity contribution < 1.29 is 23.1 Å². The highest BCUT2D eigenvalue weighted by molar-refractivity contribution is 7.80. The second-order valence-corrected chi connectivity index (χ2v) is 6.60. The summed E-state index contributed by atoms with van der Waals surface area (Å²) in [6.45, 7) is 2.62. The van der Waals surface area contributed by atoms with Gasteiger partial charge in [0.2, 0.25) is 0 Å². The Balaban J connectivity index is 1.63. The summed E-state index contributed by atoms with van der Waals surface area (Å²) in [7, 11) is 0. The van der Waals surface area contributed by atoms with Gasteiger partial charge in [0.25, 0.3) is 11.8 Å². The first-order valence-electron chi connectivity index (χ1n) is 8.62. The van der Waals surface area contributed by atoms with Crippen molar-refractivity contribution in [1.29, 1.82) is 0 Å². The van der Waals surface area contributed by atoms with Crippen molar-refractivity contribution in [3.8, 4) is 0 Å². The minimum absolute atomic E-state index is 0.105. The fraction of sp³-hybridized carbons (Fsp3) is 0.211. The van der Waals surface area contributed by atoms with Crippen molar-refractivity contribution >= 4 is 46.8 Å². The lowest BCUT2D eigenvalue weighted by Crippen LogP contribution is -2.54. The van der Waals surface area contributed by atoms with E-state index in [-0.39, 0.29) is 16.4 Å². The number of anilines is 2. The van der Waals surface area contributed by atoms with Crippen molar-refractivity contribution in [3.63, 3.8) is 0 Å². The largest absolute Gasteiger partial charge is 0.441 e. The molecule has 144 valence electrons. The molecule has 0 aliphatic carbocycles. The maximum Gasteiger partial charge on any atom is 0.270 e. The molecular weight excluding hydrogens is 385 g/mol. The number of thiocarbonyl (C=S) groups is 1. The third-order valence-corrected chi connectivity index (χ3v) is 4.67. The number of carbonyl (C=O) groups is 2. The predicted octanol–water partition coefficient (Wildman–Crippen LogP) is 2.09. The fourth-order valence-electron chi connectivity index (χ4n) is 3.02. The molecule has 9 heteroatoms. The summed E-state index contributed by atoms with van der Waals surface area (Å²) >= 11 is 5.10. The van der Waals surface area contributed by atoms with Crippen LogP contribution in [-0.4, -0.2) is 43.2 Å². The number of benzene rings is 1. The van der Waals surface area contributed by atoms with E-state index in [0.29, 0.717) is 37.9 Å². The summed E-state index contributed by atoms with van der Waals surface area (Å²) in [6.07, 6.45) is 1.36. The van der Waals surface area contributed by atoms with Crippen molar-refractivity contribution in [3.05, 3.63) is 53.5 Å². The number of morpholine rings is 1. The Kier molecular flexibility index (Phi) is 4.93. The van der Waals surface area contributed by atoms with Gasteiger partial charge >= 0.3 is 0 Å². The SMILES string of the molecule is O=C1NC(=S)N(c2cccc(F)c2)C(=O)/C1=C\c1ccc(N2CCOCC2)o1. The third-order valence-electron chi connectivity index (χ3n) is 4.39. The number of nitrogens with one attached hydrogen (secondary N) is 1. The van der Waals surface area contributed by atoms with Crippen LogP contribution in [0.25, 0.3) is 6.08 Å². The van der Waals surface area contributed by atoms with Gasteiger partial charge in [-0.3, -0.25) is 19.8 Å². The molecule has 0 bridgehead atoms. The summed E-state index contributed by atoms with van der Waals surface area (Å²) in [5, 5.41) is 2.35. The van der Waals surface area contributed by atoms with Crippen molar-refractivity contribution in [1.82, 2.24) is 5.32 Å². The lowest BCUT2D eigenvalue weighted by Gasteiger charge is -2.28. The van der Waals surface area contributed by atoms with E-state index in [2.05, 4.69) is 5.32 Å². The van der Waals surface area contributed by atoms with Crippen LogP contribution in [0.2, 0.25) is 0 Å². The van der Waals surface area contributed by atoms with Crippen LogP contribution in [0.3, 0.4) is 0 Å². The number of carbonyl (C=O) groups excluding carboxylic acids is 2. The topological polar surface area (TPSA) is 75.0 Å². The molecule has 0 atom stereocenters. The highest BCUT2D eigenvalue weighted by Gasteiger charge is 2.35. The number of amides is 2. The van der Waals surface area contributed by atoms with Gasteiger partial charge in [0, 0.05) is 19.2 Å². The number of ether oxygens (including phenoxy) is 1. The van der Waals surface area contributed by atoms with Crippen LogP contribution in [-0.2, 0) is 14.3 Å². The van der Waals surface area contributed by atoms with Gasteiger partial charge in [-0.15, -0.1) is 0 Å². The van der Waals surface area contributed by atoms with Gasteiger partial charge in [-0.2, -0.15) is 0 Å². The molecule has 1 aromatic carbocycles. The minimum Gasteiger partial charge on any atom is -0.441 e. The fourth-order valence-corrected chi connectivity index (χ4v) is 3.30. The standard InChI is InChI=1S/C19H16FN3O4S/c20-12-2-1-3-13(10-12)23-18(25)15(17(24)21-19(23)28)11-14-4-5-16(27-14)22-6-8-26-9-7-22/h1-5,10-11H,6-9H2,(H,21,24,28)/b15-11-. The number of nitrogens with zero attached hydrogens (tertiary/aromatic N) is 2. The molecule has 28 heavy (non-hydrogen) atoms. The summed E-state index contributed by atoms with van der Waals surface area (Å²) in [4.78, 5) is 28.3. The molecule has 2 amide bonds. The minimum atomic E-state index is -0.649. The molecule has 3 heterocycles. The maximum atomic E-state index is 13.6. The van der Waals surface area contributed by atoms with E-state index >= 15 is 0 Å². The lowest BCUT2D eigenvalue weighted by atomic mass is 10.1. The molecule has 0 radical (unpaired) electrons. The Morgan fingerprint density at radius 3 is 2.68 bits per heavy atom. The first kappa shape index (κ1) is 18.3. The summed E-state index contributed by atoms with van der Waals surface area (Å²) in [6, 6.07) is 8.87. The molecular formula is C19H16FN3O4S. The average molecular weight is 401 g/mol. The van der Waals surface area contributed by atoms with Crippen LogP contribution < -0.4 is 15.1 Å². The number of rotatable bonds is 3. The zero-order valence-corrected chi connectivity index (χ0v) is 15.5. The van der Waals surface area contributed by atoms with Crippen molar-refractivity contribution in [2.45, 2.75) is 0 Å². The van der Waals surface area contributed by atoms with Crippen molar-refractivity contribution in [2.75, 3.05) is 36.1 Å². The zero-order valence-electron chi connectivity index (χ0n) is 14.7. The van der Waals surface area contributed by atoms with E-state index in [4.69, 9.17) is 21.4 Å². The van der Waals surface area contributed by atoms with Crippen LogP contribution >= 0.6 is 12.2 Å². The first-order chi connectivity index (χ1) is 13.5. The monoisotopic (exact) mass is 401 g/mol. The smallest absolute Gasteiger partial charge is 0.270 e. The van der Waals surface area contributed by atoms with Gasteiger partial charge < -0.3 is 14.1 Å². The van der Waals surface area contributed by atoms with Crippen LogP contribution in [0.1, 0.15) is 5.76 Å². The van der Waals surface area contributed by atoms with Gasteiger partial charge in [-0.05, 0) is 42.6 Å². The van der Waals surface area contributed by atoms with E-state index < -0.39 is 17.6 Å². The van der Waals surface area contributed by atoms with Crippen LogP contribution in [0.5, 0.6) is 0 Å². The Bertz CT molecular complexity index is 981. The maximum absolute atomic E-state index is 13.6. The number of furan rings is 1. The van der Waals surface area contributed by atoms with Gasteiger partial charge in [0.05, 0.1) is 18.9 Å². The molecule has 2 fully saturated rings. The Morgan fingerprint density at radius 1 is 1.14 bits per heavy atom. The Morgan fingerprint density at radius 2 is 1.93 bits per heavy atom. The molecule has 2 saturated heterocycles. The van der Waals surface area contributed by atoms with Crippen LogP contribution in [0, 0.1) is 5.82 Å². The quantitative estimate of drug-likeness (QED) is 0.482. The number of hydrogen-bond donors (Lipinski definition) is 1. The van der Waals surface area contributed by atoms with E-state index in [1.807, 2.05) is 4.90 Å². The van der Waals surface area contributed by atoms with Crippen LogP contribution in [0.15, 0.2) is 46.4 Å². The van der Waals surface area contributed by atoms with Gasteiger partial charge in [0.15, 0.2) is 11.0 Å². The predicted molar refractivity (Wildman–Crippen MR) is 104 cm³/mol. The second kappa shape index (κ2) is 7.53. The van der Waals surface area contributed by atoms with E-state index in [1.165, 1.54) is 30.3 Å². The normalized spacial score (nSPS) is 19.3. The van der Waals surface area contributed by atoms with E-state index in [1.54, 1.807) is 12.1 Å². The third kappa shape index (κ3) is 3.54. The molecule has 0 spiro atoms. The van der Waals surface area contributed by atoms with Gasteiger partial charge in [-0.1, -0.05) is 6.07 Å². The van der Waals surface area contributed by atoms with Crippen molar-refractivity contribution in [2.24, 2.45) is 0 Å². The highest BCUT2D eigenvalue weighted by Crippen LogP contribution is 2.25. The number of halogens is 1. The molecule has 0 saturated carbocycles. The molecule has 2 aliphatic heterocycles. The Hall–Kier alpha value is -3.04. The van der Waals surface area contributed by atoms with Gasteiger partial charge in [-0.25, -0.2) is 4.39 Å². The summed E-state index contributed by atoms with van der Waals surface area (Å²) in [5.41, 5.74) is 0.0788. The van der Waals surface area contributed by atoms with Crippen LogP contribution in [0.4, 0.5) is 16.0 Å². The molecule has 1 N–H and O–H groups in total. The number of hydrogen-bond acceptors (Lipinski definition) is 6. The second-order valence-electron chi connectivity index (χ2n) is 6.21. The molecule has 0 unspecified atom stereocenters. The van der Waals surface area contributed by atoms with Gasteiger partial charge in [0.1, 0.15) is 17.2 Å². The average Bonchev–Trinajstić information content (AvgIpc) is 3.14. The molecule has 2 aromatic rings. The lowest BCUT2D eigenvalue weighted by molar-refractivity contribution is -0.122. The molecule has 1 aromatic heterocycles. The molecule has 4 rings (SSSR count). The Labute approximate surface area is 165 Å². The highest BCUT2D eigenvalue weighted by atomic mass is 32.1. The zero-order chi connectivity index (χ0) is 19.7.